The summed E-state index contributed by atoms with van der Waals surface area (Å²) < 4.78 is 25.0. The third-order valence-electron chi connectivity index (χ3n) is 3.42. The molecule has 8 heteroatoms. The summed E-state index contributed by atoms with van der Waals surface area (Å²) >= 11 is 3.30. The van der Waals surface area contributed by atoms with Gasteiger partial charge >= 0.3 is 0 Å². The summed E-state index contributed by atoms with van der Waals surface area (Å²) in [5, 5.41) is 2.73. The van der Waals surface area contributed by atoms with Crippen molar-refractivity contribution in [2.45, 2.75) is 24.6 Å². The Balaban J connectivity index is 0.00000242. The van der Waals surface area contributed by atoms with Crippen LogP contribution in [-0.2, 0) is 20.4 Å². The lowest BCUT2D eigenvalue weighted by Gasteiger charge is -2.16. The summed E-state index contributed by atoms with van der Waals surface area (Å²) in [5.41, 5.74) is 6.26. The number of amides is 1. The second kappa shape index (κ2) is 8.29. The highest BCUT2D eigenvalue weighted by Crippen LogP contribution is 2.32. The summed E-state index contributed by atoms with van der Waals surface area (Å²) in [4.78, 5) is 11.9. The standard InChI is InChI=1S/C14H19BrN2O3S.ClH/c15-12-3-1-2-10(6-12)8-21(19,20)9-14(18)17-13(7-16)11-4-5-11;/h1-3,6,11,13H,4-5,7-9,16H2,(H,17,18);1H. The monoisotopic (exact) mass is 410 g/mol. The third kappa shape index (κ3) is 6.24. The van der Waals surface area contributed by atoms with Crippen LogP contribution in [0.3, 0.4) is 0 Å². The van der Waals surface area contributed by atoms with Crippen LogP contribution in [0.5, 0.6) is 0 Å². The Morgan fingerprint density at radius 2 is 2.09 bits per heavy atom. The molecule has 0 aromatic heterocycles. The normalized spacial score (nSPS) is 15.7. The van der Waals surface area contributed by atoms with Gasteiger partial charge in [0.25, 0.3) is 0 Å². The average Bonchev–Trinajstić information content (AvgIpc) is 3.18. The fourth-order valence-corrected chi connectivity index (χ4v) is 3.97. The molecule has 1 fully saturated rings. The van der Waals surface area contributed by atoms with Crippen molar-refractivity contribution in [3.8, 4) is 0 Å². The number of hydrogen-bond donors (Lipinski definition) is 2. The maximum absolute atomic E-state index is 12.1. The van der Waals surface area contributed by atoms with Gasteiger partial charge < -0.3 is 11.1 Å². The zero-order valence-corrected chi connectivity index (χ0v) is 15.2. The molecular weight excluding hydrogens is 392 g/mol. The van der Waals surface area contributed by atoms with Crippen LogP contribution in [0.1, 0.15) is 18.4 Å². The molecule has 0 radical (unpaired) electrons. The Kier molecular flexibility index (Phi) is 7.31. The molecule has 124 valence electrons. The van der Waals surface area contributed by atoms with Gasteiger partial charge in [-0.1, -0.05) is 28.1 Å². The summed E-state index contributed by atoms with van der Waals surface area (Å²) in [7, 11) is -3.48. The quantitative estimate of drug-likeness (QED) is 0.714. The molecule has 5 nitrogen and oxygen atoms in total. The van der Waals surface area contributed by atoms with E-state index in [0.717, 1.165) is 17.3 Å². The Hall–Kier alpha value is -0.630. The van der Waals surface area contributed by atoms with Crippen LogP contribution in [0.4, 0.5) is 0 Å². The Bertz CT molecular complexity index is 620. The highest BCUT2D eigenvalue weighted by molar-refractivity contribution is 9.10. The highest BCUT2D eigenvalue weighted by atomic mass is 79.9. The zero-order chi connectivity index (χ0) is 15.5. The molecular formula is C14H20BrClN2O3S. The van der Waals surface area contributed by atoms with E-state index in [1.54, 1.807) is 18.2 Å². The van der Waals surface area contributed by atoms with Crippen molar-refractivity contribution < 1.29 is 13.2 Å². The van der Waals surface area contributed by atoms with E-state index < -0.39 is 21.5 Å². The van der Waals surface area contributed by atoms with Gasteiger partial charge in [0.05, 0.1) is 5.75 Å². The first kappa shape index (κ1) is 19.4. The average molecular weight is 412 g/mol. The smallest absolute Gasteiger partial charge is 0.235 e. The van der Waals surface area contributed by atoms with Crippen LogP contribution in [0.15, 0.2) is 28.7 Å². The molecule has 0 saturated heterocycles. The first-order valence-corrected chi connectivity index (χ1v) is 9.45. The largest absolute Gasteiger partial charge is 0.351 e. The van der Waals surface area contributed by atoms with Crippen LogP contribution in [0, 0.1) is 5.92 Å². The van der Waals surface area contributed by atoms with E-state index >= 15 is 0 Å². The van der Waals surface area contributed by atoms with Gasteiger partial charge in [0.1, 0.15) is 5.75 Å². The zero-order valence-electron chi connectivity index (χ0n) is 12.0. The Labute approximate surface area is 145 Å². The molecule has 0 aliphatic heterocycles. The molecule has 1 aliphatic rings. The lowest BCUT2D eigenvalue weighted by atomic mass is 10.2. The van der Waals surface area contributed by atoms with Gasteiger partial charge in [-0.25, -0.2) is 8.42 Å². The summed E-state index contributed by atoms with van der Waals surface area (Å²) in [6.45, 7) is 0.349. The predicted octanol–water partition coefficient (Wildman–Crippen LogP) is 1.64. The summed E-state index contributed by atoms with van der Waals surface area (Å²) in [5.74, 6) is -0.696. The number of rotatable bonds is 7. The van der Waals surface area contributed by atoms with E-state index in [9.17, 15) is 13.2 Å². The van der Waals surface area contributed by atoms with E-state index in [1.807, 2.05) is 6.07 Å². The fourth-order valence-electron chi connectivity index (χ4n) is 2.25. The van der Waals surface area contributed by atoms with Gasteiger partial charge in [-0.15, -0.1) is 12.4 Å². The molecule has 1 saturated carbocycles. The molecule has 3 N–H and O–H groups in total. The number of nitrogens with two attached hydrogens (primary N) is 1. The molecule has 2 rings (SSSR count). The number of carbonyl (C=O) groups excluding carboxylic acids is 1. The second-order valence-corrected chi connectivity index (χ2v) is 8.39. The van der Waals surface area contributed by atoms with Crippen molar-refractivity contribution >= 4 is 44.1 Å². The molecule has 1 aromatic carbocycles. The third-order valence-corrected chi connectivity index (χ3v) is 5.39. The van der Waals surface area contributed by atoms with Gasteiger partial charge in [0, 0.05) is 17.1 Å². The van der Waals surface area contributed by atoms with Crippen LogP contribution in [0.25, 0.3) is 0 Å². The number of sulfone groups is 1. The van der Waals surface area contributed by atoms with E-state index in [-0.39, 0.29) is 24.2 Å². The number of carbonyl (C=O) groups is 1. The number of nitrogens with one attached hydrogen (secondary N) is 1. The van der Waals surface area contributed by atoms with E-state index in [0.29, 0.717) is 18.0 Å². The molecule has 1 atom stereocenters. The van der Waals surface area contributed by atoms with Gasteiger partial charge in [-0.2, -0.15) is 0 Å². The molecule has 1 unspecified atom stereocenters. The lowest BCUT2D eigenvalue weighted by Crippen LogP contribution is -2.44. The fraction of sp³-hybridized carbons (Fsp3) is 0.500. The van der Waals surface area contributed by atoms with Gasteiger partial charge in [0.15, 0.2) is 9.84 Å². The molecule has 1 amide bonds. The van der Waals surface area contributed by atoms with Gasteiger partial charge in [0.2, 0.25) is 5.91 Å². The van der Waals surface area contributed by atoms with E-state index in [2.05, 4.69) is 21.2 Å². The van der Waals surface area contributed by atoms with Crippen LogP contribution in [-0.4, -0.2) is 32.7 Å². The first-order valence-electron chi connectivity index (χ1n) is 6.84. The molecule has 1 aliphatic carbocycles. The minimum atomic E-state index is -3.48. The minimum absolute atomic E-state index is 0. The molecule has 22 heavy (non-hydrogen) atoms. The van der Waals surface area contributed by atoms with Crippen molar-refractivity contribution in [2.75, 3.05) is 12.3 Å². The van der Waals surface area contributed by atoms with Crippen molar-refractivity contribution in [1.29, 1.82) is 0 Å². The van der Waals surface area contributed by atoms with Crippen molar-refractivity contribution in [3.63, 3.8) is 0 Å². The van der Waals surface area contributed by atoms with Crippen LogP contribution < -0.4 is 11.1 Å². The van der Waals surface area contributed by atoms with Gasteiger partial charge in [-0.3, -0.25) is 4.79 Å². The number of halogens is 2. The van der Waals surface area contributed by atoms with E-state index in [4.69, 9.17) is 5.73 Å². The molecule has 0 bridgehead atoms. The summed E-state index contributed by atoms with van der Waals surface area (Å²) in [6, 6.07) is 6.96. The van der Waals surface area contributed by atoms with Crippen molar-refractivity contribution in [2.24, 2.45) is 11.7 Å². The minimum Gasteiger partial charge on any atom is -0.351 e. The maximum atomic E-state index is 12.1. The maximum Gasteiger partial charge on any atom is 0.235 e. The summed E-state index contributed by atoms with van der Waals surface area (Å²) in [6.07, 6.45) is 2.10. The second-order valence-electron chi connectivity index (χ2n) is 5.41. The molecule has 1 aromatic rings. The van der Waals surface area contributed by atoms with E-state index in [1.165, 1.54) is 0 Å². The predicted molar refractivity (Wildman–Crippen MR) is 92.6 cm³/mol. The number of benzene rings is 1. The van der Waals surface area contributed by atoms with Crippen molar-refractivity contribution in [1.82, 2.24) is 5.32 Å². The lowest BCUT2D eigenvalue weighted by molar-refractivity contribution is -0.119. The molecule has 0 spiro atoms. The number of hydrogen-bond acceptors (Lipinski definition) is 4. The molecule has 0 heterocycles. The van der Waals surface area contributed by atoms with Crippen molar-refractivity contribution in [3.05, 3.63) is 34.3 Å². The topological polar surface area (TPSA) is 89.3 Å². The Morgan fingerprint density at radius 3 is 2.64 bits per heavy atom. The Morgan fingerprint density at radius 1 is 1.41 bits per heavy atom. The van der Waals surface area contributed by atoms with Crippen LogP contribution >= 0.6 is 28.3 Å². The van der Waals surface area contributed by atoms with Gasteiger partial charge in [-0.05, 0) is 36.5 Å². The first-order chi connectivity index (χ1) is 9.89. The van der Waals surface area contributed by atoms with Crippen LogP contribution in [0.2, 0.25) is 0 Å². The highest BCUT2D eigenvalue weighted by Gasteiger charge is 2.32. The SMILES string of the molecule is Cl.NCC(NC(=O)CS(=O)(=O)Cc1cccc(Br)c1)C1CC1.